The Morgan fingerprint density at radius 3 is 2.40 bits per heavy atom. The standard InChI is InChI=1S/C33H36N4O5S/c1-20-10-21(17-34-16-20)25-14-26-29(15-28(25)41-6)42-18-27-30(32(38)36-8-9-43(7)19-33(36,2)3)35-37(31(26)27)22-11-23(39-4)13-24(12-22)40-5/h10-17H,7-9,18-19H2,1-6H3. The van der Waals surface area contributed by atoms with Gasteiger partial charge in [0.25, 0.3) is 5.91 Å². The summed E-state index contributed by atoms with van der Waals surface area (Å²) >= 11 is 0. The summed E-state index contributed by atoms with van der Waals surface area (Å²) in [6, 6.07) is 11.6. The lowest BCUT2D eigenvalue weighted by Crippen LogP contribution is -2.54. The van der Waals surface area contributed by atoms with Crippen molar-refractivity contribution in [3.8, 4) is 51.1 Å². The van der Waals surface area contributed by atoms with E-state index in [1.807, 2.05) is 59.2 Å². The Balaban J connectivity index is 1.60. The molecule has 0 radical (unpaired) electrons. The minimum Gasteiger partial charge on any atom is -0.497 e. The quantitative estimate of drug-likeness (QED) is 0.260. The van der Waals surface area contributed by atoms with Crippen molar-refractivity contribution in [1.29, 1.82) is 0 Å². The van der Waals surface area contributed by atoms with Crippen molar-refractivity contribution in [3.05, 3.63) is 65.6 Å². The van der Waals surface area contributed by atoms with E-state index < -0.39 is 0 Å². The molecule has 43 heavy (non-hydrogen) atoms. The fraction of sp³-hybridized carbons (Fsp3) is 0.333. The zero-order chi connectivity index (χ0) is 30.5. The average Bonchev–Trinajstić information content (AvgIpc) is 3.39. The predicted molar refractivity (Wildman–Crippen MR) is 171 cm³/mol. The highest BCUT2D eigenvalue weighted by atomic mass is 32.2. The van der Waals surface area contributed by atoms with Gasteiger partial charge in [0.15, 0.2) is 5.69 Å². The largest absolute Gasteiger partial charge is 0.497 e. The Kier molecular flexibility index (Phi) is 7.41. The molecule has 2 aromatic heterocycles. The van der Waals surface area contributed by atoms with E-state index in [4.69, 9.17) is 24.0 Å². The van der Waals surface area contributed by atoms with Crippen LogP contribution in [-0.4, -0.2) is 76.4 Å². The fourth-order valence-electron chi connectivity index (χ4n) is 5.93. The number of methoxy groups -OCH3 is 3. The Morgan fingerprint density at radius 2 is 1.74 bits per heavy atom. The molecule has 9 nitrogen and oxygen atoms in total. The number of amides is 1. The highest BCUT2D eigenvalue weighted by Gasteiger charge is 2.39. The molecule has 1 fully saturated rings. The highest BCUT2D eigenvalue weighted by Crippen LogP contribution is 2.47. The van der Waals surface area contributed by atoms with Gasteiger partial charge >= 0.3 is 0 Å². The molecule has 2 aromatic carbocycles. The molecule has 0 N–H and O–H groups in total. The van der Waals surface area contributed by atoms with Crippen LogP contribution in [0.5, 0.6) is 23.0 Å². The molecule has 6 rings (SSSR count). The van der Waals surface area contributed by atoms with E-state index in [1.54, 1.807) is 21.3 Å². The zero-order valence-electron chi connectivity index (χ0n) is 25.4. The van der Waals surface area contributed by atoms with Gasteiger partial charge in [-0.2, -0.15) is 15.6 Å². The van der Waals surface area contributed by atoms with Crippen LogP contribution < -0.4 is 18.9 Å². The number of hydrogen-bond donors (Lipinski definition) is 0. The minimum atomic E-state index is -0.345. The van der Waals surface area contributed by atoms with Crippen LogP contribution in [0.4, 0.5) is 0 Å². The molecule has 224 valence electrons. The predicted octanol–water partition coefficient (Wildman–Crippen LogP) is 5.76. The Bertz CT molecular complexity index is 1740. The number of pyridine rings is 1. The van der Waals surface area contributed by atoms with E-state index in [-0.39, 0.29) is 28.5 Å². The molecular formula is C33H36N4O5S. The number of carbonyl (C=O) groups excluding carboxylic acids is 1. The smallest absolute Gasteiger partial charge is 0.275 e. The molecule has 2 aliphatic heterocycles. The Labute approximate surface area is 254 Å². The summed E-state index contributed by atoms with van der Waals surface area (Å²) in [7, 11) is 4.88. The van der Waals surface area contributed by atoms with Gasteiger partial charge in [0.05, 0.1) is 32.7 Å². The first-order chi connectivity index (χ1) is 20.6. The summed E-state index contributed by atoms with van der Waals surface area (Å²) in [4.78, 5) is 20.7. The maximum absolute atomic E-state index is 14.3. The lowest BCUT2D eigenvalue weighted by atomic mass is 9.95. The second-order valence-corrected chi connectivity index (χ2v) is 13.4. The van der Waals surface area contributed by atoms with Crippen LogP contribution in [0.25, 0.3) is 28.1 Å². The number of aryl methyl sites for hydroxylation is 1. The summed E-state index contributed by atoms with van der Waals surface area (Å²) in [6.45, 7) is 7.03. The molecule has 1 atom stereocenters. The third-order valence-corrected chi connectivity index (χ3v) is 9.89. The monoisotopic (exact) mass is 600 g/mol. The van der Waals surface area contributed by atoms with Gasteiger partial charge in [0.1, 0.15) is 29.6 Å². The van der Waals surface area contributed by atoms with Gasteiger partial charge in [-0.25, -0.2) is 4.68 Å². The van der Waals surface area contributed by atoms with Crippen LogP contribution in [0.15, 0.2) is 48.8 Å². The number of fused-ring (bicyclic) bond motifs is 3. The van der Waals surface area contributed by atoms with Gasteiger partial charge in [-0.05, 0) is 38.5 Å². The third-order valence-electron chi connectivity index (χ3n) is 8.02. The number of ether oxygens (including phenoxy) is 4. The van der Waals surface area contributed by atoms with Crippen molar-refractivity contribution in [2.75, 3.05) is 39.4 Å². The maximum atomic E-state index is 14.3. The lowest BCUT2D eigenvalue weighted by molar-refractivity contribution is 0.0588. The summed E-state index contributed by atoms with van der Waals surface area (Å²) in [6.07, 6.45) is 3.63. The molecule has 0 spiro atoms. The Hall–Kier alpha value is -4.31. The first-order valence-corrected chi connectivity index (χ1v) is 15.8. The van der Waals surface area contributed by atoms with Gasteiger partial charge in [0.2, 0.25) is 0 Å². The number of nitrogens with zero attached hydrogens (tertiary/aromatic N) is 4. The molecule has 10 heteroatoms. The number of benzene rings is 2. The van der Waals surface area contributed by atoms with E-state index >= 15 is 0 Å². The average molecular weight is 601 g/mol. The topological polar surface area (TPSA) is 87.9 Å². The first-order valence-electron chi connectivity index (χ1n) is 14.0. The maximum Gasteiger partial charge on any atom is 0.275 e. The van der Waals surface area contributed by atoms with Gasteiger partial charge in [-0.1, -0.05) is 5.87 Å². The molecule has 1 amide bonds. The van der Waals surface area contributed by atoms with Gasteiger partial charge < -0.3 is 23.8 Å². The molecule has 2 aliphatic rings. The molecule has 0 aliphatic carbocycles. The molecule has 4 aromatic rings. The van der Waals surface area contributed by atoms with Gasteiger partial charge in [0, 0.05) is 82.5 Å². The number of aromatic nitrogens is 3. The van der Waals surface area contributed by atoms with Crippen LogP contribution in [0, 0.1) is 6.92 Å². The van der Waals surface area contributed by atoms with Crippen molar-refractivity contribution >= 4 is 22.3 Å². The van der Waals surface area contributed by atoms with Crippen molar-refractivity contribution in [3.63, 3.8) is 0 Å². The molecular weight excluding hydrogens is 564 g/mol. The molecule has 1 unspecified atom stereocenters. The van der Waals surface area contributed by atoms with E-state index in [0.717, 1.165) is 45.0 Å². The molecule has 0 bridgehead atoms. The van der Waals surface area contributed by atoms with Crippen LogP contribution in [0.3, 0.4) is 0 Å². The van der Waals surface area contributed by atoms with Crippen LogP contribution in [-0.2, 0) is 6.61 Å². The second-order valence-electron chi connectivity index (χ2n) is 11.5. The van der Waals surface area contributed by atoms with Gasteiger partial charge in [-0.15, -0.1) is 0 Å². The molecule has 4 heterocycles. The zero-order valence-corrected chi connectivity index (χ0v) is 26.2. The summed E-state index contributed by atoms with van der Waals surface area (Å²) in [5.41, 5.74) is 5.83. The van der Waals surface area contributed by atoms with Crippen molar-refractivity contribution < 1.29 is 23.7 Å². The van der Waals surface area contributed by atoms with Crippen molar-refractivity contribution in [2.24, 2.45) is 0 Å². The fourth-order valence-corrected chi connectivity index (χ4v) is 7.67. The Morgan fingerprint density at radius 1 is 1.00 bits per heavy atom. The molecule has 1 saturated heterocycles. The highest BCUT2D eigenvalue weighted by molar-refractivity contribution is 8.14. The molecule has 0 saturated carbocycles. The summed E-state index contributed by atoms with van der Waals surface area (Å²) < 4.78 is 25.1. The van der Waals surface area contributed by atoms with Gasteiger partial charge in [-0.3, -0.25) is 9.78 Å². The number of rotatable bonds is 6. The van der Waals surface area contributed by atoms with E-state index in [2.05, 4.69) is 30.8 Å². The van der Waals surface area contributed by atoms with E-state index in [0.29, 0.717) is 40.9 Å². The van der Waals surface area contributed by atoms with Crippen LogP contribution in [0.2, 0.25) is 0 Å². The van der Waals surface area contributed by atoms with E-state index in [1.165, 1.54) is 0 Å². The number of hydrogen-bond acceptors (Lipinski definition) is 7. The van der Waals surface area contributed by atoms with Crippen LogP contribution in [0.1, 0.15) is 35.5 Å². The normalized spacial score (nSPS) is 17.0. The van der Waals surface area contributed by atoms with Crippen LogP contribution >= 0.6 is 10.5 Å². The number of carbonyl (C=O) groups is 1. The lowest BCUT2D eigenvalue weighted by Gasteiger charge is -2.43. The van der Waals surface area contributed by atoms with Crippen molar-refractivity contribution in [2.45, 2.75) is 32.9 Å². The van der Waals surface area contributed by atoms with E-state index in [9.17, 15) is 4.79 Å². The SMILES string of the molecule is C=S1CCN(C(=O)c2nn(-c3cc(OC)cc(OC)c3)c3c2COc2cc(OC)c(-c4cncc(C)c4)cc2-3)C(C)(C)C1. The first kappa shape index (κ1) is 28.8. The third kappa shape index (κ3) is 5.14. The second kappa shape index (κ2) is 11.1. The summed E-state index contributed by atoms with van der Waals surface area (Å²) in [5.74, 6) is 8.43. The van der Waals surface area contributed by atoms with Crippen molar-refractivity contribution in [1.82, 2.24) is 19.7 Å². The summed E-state index contributed by atoms with van der Waals surface area (Å²) in [5, 5.41) is 5.01. The minimum absolute atomic E-state index is 0.0181.